The molecule has 1 fully saturated rings. The SMILES string of the molecule is Fc1ccc(CN2CCCCC2c2nc3cc(F)ccc3[nH]2)cc1. The van der Waals surface area contributed by atoms with E-state index in [4.69, 9.17) is 0 Å². The van der Waals surface area contributed by atoms with Gasteiger partial charge < -0.3 is 4.98 Å². The van der Waals surface area contributed by atoms with Crippen molar-refractivity contribution in [2.45, 2.75) is 31.8 Å². The number of halogens is 2. The van der Waals surface area contributed by atoms with Crippen LogP contribution in [0, 0.1) is 11.6 Å². The number of imidazole rings is 1. The summed E-state index contributed by atoms with van der Waals surface area (Å²) in [6.45, 7) is 1.74. The minimum atomic E-state index is -0.271. The molecular formula is C19H19F2N3. The summed E-state index contributed by atoms with van der Waals surface area (Å²) in [6, 6.07) is 11.5. The molecule has 1 N–H and O–H groups in total. The highest BCUT2D eigenvalue weighted by atomic mass is 19.1. The van der Waals surface area contributed by atoms with Crippen molar-refractivity contribution < 1.29 is 8.78 Å². The topological polar surface area (TPSA) is 31.9 Å². The van der Waals surface area contributed by atoms with E-state index in [1.165, 1.54) is 24.3 Å². The Morgan fingerprint density at radius 3 is 2.67 bits per heavy atom. The third-order valence-corrected chi connectivity index (χ3v) is 4.69. The number of hydrogen-bond donors (Lipinski definition) is 1. The van der Waals surface area contributed by atoms with Gasteiger partial charge in [-0.05, 0) is 49.2 Å². The lowest BCUT2D eigenvalue weighted by atomic mass is 10.0. The van der Waals surface area contributed by atoms with Crippen molar-refractivity contribution in [3.05, 3.63) is 65.5 Å². The van der Waals surface area contributed by atoms with Gasteiger partial charge in [-0.25, -0.2) is 13.8 Å². The van der Waals surface area contributed by atoms with E-state index in [1.807, 2.05) is 12.1 Å². The zero-order chi connectivity index (χ0) is 16.5. The Morgan fingerprint density at radius 2 is 1.83 bits per heavy atom. The Kier molecular flexibility index (Phi) is 4.02. The molecule has 1 unspecified atom stereocenters. The number of fused-ring (bicyclic) bond motifs is 1. The molecule has 0 aliphatic carbocycles. The van der Waals surface area contributed by atoms with E-state index in [9.17, 15) is 8.78 Å². The first kappa shape index (κ1) is 15.3. The lowest BCUT2D eigenvalue weighted by Gasteiger charge is -2.34. The first-order valence-electron chi connectivity index (χ1n) is 8.33. The van der Waals surface area contributed by atoms with Crippen LogP contribution in [0.4, 0.5) is 8.78 Å². The summed E-state index contributed by atoms with van der Waals surface area (Å²) < 4.78 is 26.5. The van der Waals surface area contributed by atoms with E-state index < -0.39 is 0 Å². The van der Waals surface area contributed by atoms with Crippen LogP contribution in [0.2, 0.25) is 0 Å². The van der Waals surface area contributed by atoms with E-state index in [-0.39, 0.29) is 17.7 Å². The van der Waals surface area contributed by atoms with Crippen LogP contribution in [0.1, 0.15) is 36.7 Å². The van der Waals surface area contributed by atoms with Gasteiger partial charge in [-0.3, -0.25) is 4.90 Å². The van der Waals surface area contributed by atoms with Gasteiger partial charge in [0.2, 0.25) is 0 Å². The van der Waals surface area contributed by atoms with E-state index in [0.717, 1.165) is 49.3 Å². The molecule has 1 aliphatic heterocycles. The highest BCUT2D eigenvalue weighted by Gasteiger charge is 2.26. The average Bonchev–Trinajstić information content (AvgIpc) is 3.00. The van der Waals surface area contributed by atoms with Crippen molar-refractivity contribution in [1.29, 1.82) is 0 Å². The summed E-state index contributed by atoms with van der Waals surface area (Å²) in [5, 5.41) is 0. The summed E-state index contributed by atoms with van der Waals surface area (Å²) in [4.78, 5) is 10.3. The standard InChI is InChI=1S/C19H19F2N3/c20-14-6-4-13(5-7-14)12-24-10-2-1-3-18(24)19-22-16-9-8-15(21)11-17(16)23-19/h4-9,11,18H,1-3,10,12H2,(H,22,23). The lowest BCUT2D eigenvalue weighted by molar-refractivity contribution is 0.134. The van der Waals surface area contributed by atoms with Gasteiger partial charge in [0, 0.05) is 12.6 Å². The Hall–Kier alpha value is -2.27. The minimum Gasteiger partial charge on any atom is -0.341 e. The second-order valence-electron chi connectivity index (χ2n) is 6.39. The molecule has 0 spiro atoms. The van der Waals surface area contributed by atoms with Crippen LogP contribution in [-0.4, -0.2) is 21.4 Å². The fourth-order valence-electron chi connectivity index (χ4n) is 3.47. The molecule has 3 nitrogen and oxygen atoms in total. The predicted molar refractivity (Wildman–Crippen MR) is 89.5 cm³/mol. The van der Waals surface area contributed by atoms with Gasteiger partial charge in [-0.15, -0.1) is 0 Å². The number of nitrogens with zero attached hydrogens (tertiary/aromatic N) is 2. The first-order valence-corrected chi connectivity index (χ1v) is 8.33. The molecule has 4 rings (SSSR count). The number of nitrogens with one attached hydrogen (secondary N) is 1. The zero-order valence-corrected chi connectivity index (χ0v) is 13.3. The number of piperidine rings is 1. The summed E-state index contributed by atoms with van der Waals surface area (Å²) in [5.74, 6) is 0.401. The number of aromatic amines is 1. The van der Waals surface area contributed by atoms with Crippen LogP contribution in [-0.2, 0) is 6.54 Å². The van der Waals surface area contributed by atoms with Gasteiger partial charge in [-0.1, -0.05) is 18.6 Å². The van der Waals surface area contributed by atoms with Crippen molar-refractivity contribution in [2.24, 2.45) is 0 Å². The van der Waals surface area contributed by atoms with Crippen LogP contribution in [0.3, 0.4) is 0 Å². The molecule has 0 radical (unpaired) electrons. The largest absolute Gasteiger partial charge is 0.341 e. The number of likely N-dealkylation sites (tertiary alicyclic amines) is 1. The molecule has 1 atom stereocenters. The maximum absolute atomic E-state index is 13.4. The van der Waals surface area contributed by atoms with Crippen molar-refractivity contribution in [2.75, 3.05) is 6.54 Å². The van der Waals surface area contributed by atoms with Gasteiger partial charge in [0.05, 0.1) is 17.1 Å². The number of H-pyrrole nitrogens is 1. The third-order valence-electron chi connectivity index (χ3n) is 4.69. The van der Waals surface area contributed by atoms with Crippen LogP contribution < -0.4 is 0 Å². The molecule has 0 saturated carbocycles. The molecule has 2 aromatic carbocycles. The molecule has 1 saturated heterocycles. The van der Waals surface area contributed by atoms with Gasteiger partial charge in [0.1, 0.15) is 17.5 Å². The van der Waals surface area contributed by atoms with Gasteiger partial charge >= 0.3 is 0 Å². The smallest absolute Gasteiger partial charge is 0.125 e. The van der Waals surface area contributed by atoms with Crippen LogP contribution in [0.5, 0.6) is 0 Å². The number of rotatable bonds is 3. The maximum Gasteiger partial charge on any atom is 0.125 e. The van der Waals surface area contributed by atoms with Crippen LogP contribution in [0.15, 0.2) is 42.5 Å². The summed E-state index contributed by atoms with van der Waals surface area (Å²) >= 11 is 0. The maximum atomic E-state index is 13.4. The Bertz CT molecular complexity index is 841. The number of benzene rings is 2. The molecule has 124 valence electrons. The molecule has 3 aromatic rings. The van der Waals surface area contributed by atoms with Gasteiger partial charge in [0.15, 0.2) is 0 Å². The molecule has 1 aromatic heterocycles. The summed E-state index contributed by atoms with van der Waals surface area (Å²) in [6.07, 6.45) is 3.31. The lowest BCUT2D eigenvalue weighted by Crippen LogP contribution is -2.33. The fourth-order valence-corrected chi connectivity index (χ4v) is 3.47. The van der Waals surface area contributed by atoms with Crippen LogP contribution in [0.25, 0.3) is 11.0 Å². The quantitative estimate of drug-likeness (QED) is 0.764. The fraction of sp³-hybridized carbons (Fsp3) is 0.316. The van der Waals surface area contributed by atoms with Crippen molar-refractivity contribution in [3.8, 4) is 0 Å². The molecule has 0 bridgehead atoms. The van der Waals surface area contributed by atoms with E-state index in [1.54, 1.807) is 6.07 Å². The predicted octanol–water partition coefficient (Wildman–Crippen LogP) is 4.57. The van der Waals surface area contributed by atoms with Crippen LogP contribution >= 0.6 is 0 Å². The number of aromatic nitrogens is 2. The molecular weight excluding hydrogens is 308 g/mol. The summed E-state index contributed by atoms with van der Waals surface area (Å²) in [5.41, 5.74) is 2.61. The highest BCUT2D eigenvalue weighted by Crippen LogP contribution is 2.31. The van der Waals surface area contributed by atoms with E-state index in [2.05, 4.69) is 14.9 Å². The van der Waals surface area contributed by atoms with E-state index >= 15 is 0 Å². The Morgan fingerprint density at radius 1 is 1.04 bits per heavy atom. The van der Waals surface area contributed by atoms with Gasteiger partial charge in [-0.2, -0.15) is 0 Å². The molecule has 24 heavy (non-hydrogen) atoms. The highest BCUT2D eigenvalue weighted by molar-refractivity contribution is 5.75. The normalized spacial score (nSPS) is 19.0. The Balaban J connectivity index is 1.61. The van der Waals surface area contributed by atoms with Gasteiger partial charge in [0.25, 0.3) is 0 Å². The number of hydrogen-bond acceptors (Lipinski definition) is 2. The van der Waals surface area contributed by atoms with Crippen molar-refractivity contribution >= 4 is 11.0 Å². The molecule has 2 heterocycles. The summed E-state index contributed by atoms with van der Waals surface area (Å²) in [7, 11) is 0. The second-order valence-corrected chi connectivity index (χ2v) is 6.39. The van der Waals surface area contributed by atoms with Crippen molar-refractivity contribution in [3.63, 3.8) is 0 Å². The minimum absolute atomic E-state index is 0.180. The monoisotopic (exact) mass is 327 g/mol. The zero-order valence-electron chi connectivity index (χ0n) is 13.3. The molecule has 5 heteroatoms. The third kappa shape index (κ3) is 3.04. The molecule has 0 amide bonds. The van der Waals surface area contributed by atoms with Crippen molar-refractivity contribution in [1.82, 2.24) is 14.9 Å². The molecule has 1 aliphatic rings. The first-order chi connectivity index (χ1) is 11.7. The second kappa shape index (κ2) is 6.32. The average molecular weight is 327 g/mol. The Labute approximate surface area is 139 Å². The van der Waals surface area contributed by atoms with E-state index in [0.29, 0.717) is 5.52 Å².